The van der Waals surface area contributed by atoms with Crippen molar-refractivity contribution in [3.05, 3.63) is 29.6 Å². The molecule has 1 saturated heterocycles. The van der Waals surface area contributed by atoms with Crippen LogP contribution >= 0.6 is 11.8 Å². The fraction of sp³-hybridized carbons (Fsp3) is 0.571. The first-order chi connectivity index (χ1) is 8.66. The highest BCUT2D eigenvalue weighted by Crippen LogP contribution is 2.19. The number of hydrogen-bond donors (Lipinski definition) is 1. The van der Waals surface area contributed by atoms with Crippen LogP contribution in [0, 0.1) is 12.8 Å². The van der Waals surface area contributed by atoms with E-state index in [0.29, 0.717) is 18.5 Å². The van der Waals surface area contributed by atoms with Gasteiger partial charge in [0.15, 0.2) is 5.17 Å². The molecule has 0 saturated carbocycles. The molecule has 0 amide bonds. The van der Waals surface area contributed by atoms with Crippen LogP contribution in [-0.4, -0.2) is 21.9 Å². The molecule has 1 aromatic rings. The summed E-state index contributed by atoms with van der Waals surface area (Å²) >= 11 is 1.82. The average molecular weight is 263 g/mol. The SMILES string of the molecule is Cc1cccnc1CN=C1NC(C(C)C)CCS1. The van der Waals surface area contributed by atoms with E-state index >= 15 is 0 Å². The van der Waals surface area contributed by atoms with Crippen molar-refractivity contribution in [2.75, 3.05) is 5.75 Å². The Labute approximate surface area is 113 Å². The first kappa shape index (κ1) is 13.4. The van der Waals surface area contributed by atoms with Gasteiger partial charge in [0.1, 0.15) is 0 Å². The Morgan fingerprint density at radius 1 is 1.56 bits per heavy atom. The molecule has 4 heteroatoms. The Balaban J connectivity index is 1.99. The topological polar surface area (TPSA) is 37.3 Å². The monoisotopic (exact) mass is 263 g/mol. The van der Waals surface area contributed by atoms with Gasteiger partial charge in [0.2, 0.25) is 0 Å². The zero-order chi connectivity index (χ0) is 13.0. The van der Waals surface area contributed by atoms with Gasteiger partial charge in [-0.25, -0.2) is 0 Å². The van der Waals surface area contributed by atoms with E-state index in [1.54, 1.807) is 0 Å². The molecule has 1 aliphatic rings. The Hall–Kier alpha value is -1.03. The fourth-order valence-corrected chi connectivity index (χ4v) is 2.93. The highest BCUT2D eigenvalue weighted by molar-refractivity contribution is 8.13. The van der Waals surface area contributed by atoms with Crippen LogP contribution in [0.4, 0.5) is 0 Å². The van der Waals surface area contributed by atoms with Crippen molar-refractivity contribution in [2.24, 2.45) is 10.9 Å². The summed E-state index contributed by atoms with van der Waals surface area (Å²) in [5.74, 6) is 1.82. The molecule has 2 heterocycles. The highest BCUT2D eigenvalue weighted by Gasteiger charge is 2.19. The molecule has 0 aliphatic carbocycles. The van der Waals surface area contributed by atoms with Crippen LogP contribution in [0.3, 0.4) is 0 Å². The van der Waals surface area contributed by atoms with E-state index in [1.165, 1.54) is 12.0 Å². The molecule has 0 radical (unpaired) electrons. The van der Waals surface area contributed by atoms with E-state index in [2.05, 4.69) is 42.1 Å². The number of aromatic nitrogens is 1. The predicted octanol–water partition coefficient (Wildman–Crippen LogP) is 3.00. The number of nitrogens with one attached hydrogen (secondary N) is 1. The Bertz CT molecular complexity index is 429. The molecule has 18 heavy (non-hydrogen) atoms. The molecule has 1 fully saturated rings. The summed E-state index contributed by atoms with van der Waals surface area (Å²) in [6.07, 6.45) is 3.06. The lowest BCUT2D eigenvalue weighted by Crippen LogP contribution is -2.41. The minimum Gasteiger partial charge on any atom is -0.362 e. The number of hydrogen-bond acceptors (Lipinski definition) is 3. The van der Waals surface area contributed by atoms with Gasteiger partial charge in [-0.05, 0) is 30.9 Å². The highest BCUT2D eigenvalue weighted by atomic mass is 32.2. The van der Waals surface area contributed by atoms with Crippen molar-refractivity contribution < 1.29 is 0 Å². The lowest BCUT2D eigenvalue weighted by molar-refractivity contribution is 0.442. The van der Waals surface area contributed by atoms with E-state index < -0.39 is 0 Å². The normalized spacial score (nSPS) is 22.2. The standard InChI is InChI=1S/C14H21N3S/c1-10(2)12-6-8-18-14(17-12)16-9-13-11(3)5-4-7-15-13/h4-5,7,10,12H,6,8-9H2,1-3H3,(H,16,17). The molecule has 1 aromatic heterocycles. The average Bonchev–Trinajstić information content (AvgIpc) is 2.38. The largest absolute Gasteiger partial charge is 0.362 e. The second kappa shape index (κ2) is 6.23. The van der Waals surface area contributed by atoms with E-state index in [0.717, 1.165) is 16.6 Å². The molecule has 1 unspecified atom stereocenters. The molecular formula is C14H21N3S. The van der Waals surface area contributed by atoms with Crippen molar-refractivity contribution in [2.45, 2.75) is 39.8 Å². The van der Waals surface area contributed by atoms with Crippen LogP contribution in [0.25, 0.3) is 0 Å². The van der Waals surface area contributed by atoms with Crippen LogP contribution in [0.15, 0.2) is 23.3 Å². The van der Waals surface area contributed by atoms with Gasteiger partial charge in [-0.1, -0.05) is 31.7 Å². The van der Waals surface area contributed by atoms with Crippen molar-refractivity contribution in [1.29, 1.82) is 0 Å². The minimum atomic E-state index is 0.565. The molecule has 1 atom stereocenters. The summed E-state index contributed by atoms with van der Waals surface area (Å²) in [5.41, 5.74) is 2.28. The summed E-state index contributed by atoms with van der Waals surface area (Å²) in [4.78, 5) is 9.03. The van der Waals surface area contributed by atoms with Crippen LogP contribution in [-0.2, 0) is 6.54 Å². The quantitative estimate of drug-likeness (QED) is 0.911. The van der Waals surface area contributed by atoms with Gasteiger partial charge in [0, 0.05) is 18.0 Å². The summed E-state index contributed by atoms with van der Waals surface area (Å²) in [5, 5.41) is 4.60. The zero-order valence-electron chi connectivity index (χ0n) is 11.3. The van der Waals surface area contributed by atoms with E-state index in [-0.39, 0.29) is 0 Å². The number of rotatable bonds is 3. The summed E-state index contributed by atoms with van der Waals surface area (Å²) < 4.78 is 0. The van der Waals surface area contributed by atoms with Gasteiger partial charge >= 0.3 is 0 Å². The van der Waals surface area contributed by atoms with Crippen LogP contribution in [0.1, 0.15) is 31.5 Å². The maximum atomic E-state index is 4.65. The molecule has 0 aromatic carbocycles. The maximum Gasteiger partial charge on any atom is 0.157 e. The van der Waals surface area contributed by atoms with Crippen LogP contribution in [0.5, 0.6) is 0 Å². The smallest absolute Gasteiger partial charge is 0.157 e. The van der Waals surface area contributed by atoms with Gasteiger partial charge in [-0.2, -0.15) is 0 Å². The van der Waals surface area contributed by atoms with E-state index in [4.69, 9.17) is 0 Å². The second-order valence-electron chi connectivity index (χ2n) is 5.02. The third-order valence-electron chi connectivity index (χ3n) is 3.27. The Kier molecular flexibility index (Phi) is 4.64. The molecule has 0 spiro atoms. The molecule has 1 aliphatic heterocycles. The molecule has 3 nitrogen and oxygen atoms in total. The van der Waals surface area contributed by atoms with Gasteiger partial charge in [0.05, 0.1) is 12.2 Å². The minimum absolute atomic E-state index is 0.565. The van der Waals surface area contributed by atoms with Crippen molar-refractivity contribution in [3.63, 3.8) is 0 Å². The Morgan fingerprint density at radius 2 is 2.39 bits per heavy atom. The Morgan fingerprint density at radius 3 is 3.11 bits per heavy atom. The summed E-state index contributed by atoms with van der Waals surface area (Å²) in [6, 6.07) is 4.62. The molecule has 1 N–H and O–H groups in total. The predicted molar refractivity (Wildman–Crippen MR) is 78.9 cm³/mol. The fourth-order valence-electron chi connectivity index (χ4n) is 1.98. The number of nitrogens with zero attached hydrogens (tertiary/aromatic N) is 2. The van der Waals surface area contributed by atoms with Crippen molar-refractivity contribution in [1.82, 2.24) is 10.3 Å². The number of pyridine rings is 1. The van der Waals surface area contributed by atoms with E-state index in [1.807, 2.05) is 24.0 Å². The van der Waals surface area contributed by atoms with Crippen molar-refractivity contribution in [3.8, 4) is 0 Å². The number of thioether (sulfide) groups is 1. The van der Waals surface area contributed by atoms with Gasteiger partial charge in [0.25, 0.3) is 0 Å². The number of aryl methyl sites for hydroxylation is 1. The number of aliphatic imine (C=N–C) groups is 1. The second-order valence-corrected chi connectivity index (χ2v) is 6.10. The molecular weight excluding hydrogens is 242 g/mol. The number of amidine groups is 1. The maximum absolute atomic E-state index is 4.65. The third kappa shape index (κ3) is 3.48. The summed E-state index contributed by atoms with van der Waals surface area (Å²) in [7, 11) is 0. The van der Waals surface area contributed by atoms with Crippen LogP contribution in [0.2, 0.25) is 0 Å². The van der Waals surface area contributed by atoms with Crippen LogP contribution < -0.4 is 5.32 Å². The first-order valence-corrected chi connectivity index (χ1v) is 7.49. The van der Waals surface area contributed by atoms with Gasteiger partial charge in [-0.15, -0.1) is 0 Å². The van der Waals surface area contributed by atoms with Gasteiger partial charge in [-0.3, -0.25) is 9.98 Å². The third-order valence-corrected chi connectivity index (χ3v) is 4.23. The lowest BCUT2D eigenvalue weighted by Gasteiger charge is -2.28. The molecule has 98 valence electrons. The molecule has 2 rings (SSSR count). The van der Waals surface area contributed by atoms with Crippen molar-refractivity contribution >= 4 is 16.9 Å². The summed E-state index contributed by atoms with van der Waals surface area (Å²) in [6.45, 7) is 7.27. The lowest BCUT2D eigenvalue weighted by atomic mass is 10.0. The molecule has 0 bridgehead atoms. The van der Waals surface area contributed by atoms with Gasteiger partial charge < -0.3 is 5.32 Å². The first-order valence-electron chi connectivity index (χ1n) is 6.51. The zero-order valence-corrected chi connectivity index (χ0v) is 12.1. The van der Waals surface area contributed by atoms with E-state index in [9.17, 15) is 0 Å².